The van der Waals surface area contributed by atoms with Gasteiger partial charge in [0.25, 0.3) is 0 Å². The number of benzene rings is 1. The molecule has 3 N–H and O–H groups in total. The van der Waals surface area contributed by atoms with Gasteiger partial charge in [-0.25, -0.2) is 0 Å². The molecule has 1 aromatic carbocycles. The molecule has 0 radical (unpaired) electrons. The fourth-order valence-electron chi connectivity index (χ4n) is 2.58. The van der Waals surface area contributed by atoms with Crippen molar-refractivity contribution in [2.75, 3.05) is 12.4 Å². The number of nitrogens with one attached hydrogen (secondary N) is 1. The largest absolute Gasteiger partial charge is 0.497 e. The minimum Gasteiger partial charge on any atom is -0.497 e. The molecule has 0 bridgehead atoms. The zero-order valence-electron chi connectivity index (χ0n) is 10.7. The molecule has 1 atom stereocenters. The summed E-state index contributed by atoms with van der Waals surface area (Å²) in [5.74, 6) is 0.902. The monoisotopic (exact) mass is 248 g/mol. The van der Waals surface area contributed by atoms with Gasteiger partial charge in [-0.3, -0.25) is 4.79 Å². The fourth-order valence-corrected chi connectivity index (χ4v) is 2.58. The highest BCUT2D eigenvalue weighted by Gasteiger charge is 2.28. The van der Waals surface area contributed by atoms with Gasteiger partial charge in [-0.15, -0.1) is 0 Å². The number of hydrogen-bond donors (Lipinski definition) is 2. The molecule has 1 aliphatic rings. The number of rotatable bonds is 5. The van der Waals surface area contributed by atoms with Crippen LogP contribution in [0.2, 0.25) is 0 Å². The maximum absolute atomic E-state index is 11.5. The van der Waals surface area contributed by atoms with Crippen molar-refractivity contribution in [3.63, 3.8) is 0 Å². The third-order valence-electron chi connectivity index (χ3n) is 3.59. The molecular weight excluding hydrogens is 228 g/mol. The Bertz CT molecular complexity index is 397. The van der Waals surface area contributed by atoms with Crippen molar-refractivity contribution in [1.82, 2.24) is 0 Å². The minimum absolute atomic E-state index is 0.263. The molecule has 1 unspecified atom stereocenters. The number of nitrogens with two attached hydrogens (primary N) is 1. The third-order valence-corrected chi connectivity index (χ3v) is 3.59. The summed E-state index contributed by atoms with van der Waals surface area (Å²) in [5.41, 5.74) is 6.40. The van der Waals surface area contributed by atoms with Crippen LogP contribution < -0.4 is 15.8 Å². The van der Waals surface area contributed by atoms with E-state index in [-0.39, 0.29) is 11.9 Å². The second kappa shape index (κ2) is 5.76. The lowest BCUT2D eigenvalue weighted by molar-refractivity contribution is -0.119. The topological polar surface area (TPSA) is 64.3 Å². The first kappa shape index (κ1) is 12.7. The molecule has 4 nitrogen and oxygen atoms in total. The second-order valence-corrected chi connectivity index (χ2v) is 4.80. The predicted molar refractivity (Wildman–Crippen MR) is 71.6 cm³/mol. The summed E-state index contributed by atoms with van der Waals surface area (Å²) in [6.07, 6.45) is 4.55. The van der Waals surface area contributed by atoms with Crippen LogP contribution in [-0.2, 0) is 4.79 Å². The Morgan fingerprint density at radius 2 is 1.94 bits per heavy atom. The average molecular weight is 248 g/mol. The number of primary amides is 1. The van der Waals surface area contributed by atoms with Crippen molar-refractivity contribution in [2.24, 2.45) is 11.7 Å². The first-order valence-corrected chi connectivity index (χ1v) is 6.40. The summed E-state index contributed by atoms with van der Waals surface area (Å²) in [4.78, 5) is 11.5. The number of amides is 1. The summed E-state index contributed by atoms with van der Waals surface area (Å²) < 4.78 is 5.10. The van der Waals surface area contributed by atoms with Crippen LogP contribution in [0.4, 0.5) is 5.69 Å². The minimum atomic E-state index is -0.266. The van der Waals surface area contributed by atoms with Crippen molar-refractivity contribution in [3.05, 3.63) is 24.3 Å². The zero-order valence-corrected chi connectivity index (χ0v) is 10.7. The van der Waals surface area contributed by atoms with E-state index in [1.807, 2.05) is 24.3 Å². The summed E-state index contributed by atoms with van der Waals surface area (Å²) in [7, 11) is 1.63. The molecule has 98 valence electrons. The Labute approximate surface area is 108 Å². The highest BCUT2D eigenvalue weighted by atomic mass is 16.5. The molecule has 1 aromatic rings. The standard InChI is InChI=1S/C14H20N2O2/c1-18-12-8-6-11(7-9-12)16-13(14(15)17)10-4-2-3-5-10/h6-10,13,16H,2-5H2,1H3,(H2,15,17). The van der Waals surface area contributed by atoms with Gasteiger partial charge in [0.1, 0.15) is 11.8 Å². The van der Waals surface area contributed by atoms with E-state index < -0.39 is 0 Å². The molecular formula is C14H20N2O2. The maximum atomic E-state index is 11.5. The molecule has 0 aliphatic heterocycles. The van der Waals surface area contributed by atoms with Gasteiger partial charge in [-0.2, -0.15) is 0 Å². The fraction of sp³-hybridized carbons (Fsp3) is 0.500. The van der Waals surface area contributed by atoms with Gasteiger partial charge in [-0.1, -0.05) is 12.8 Å². The Kier molecular flexibility index (Phi) is 4.07. The number of ether oxygens (including phenoxy) is 1. The van der Waals surface area contributed by atoms with Crippen LogP contribution in [0, 0.1) is 5.92 Å². The molecule has 2 rings (SSSR count). The van der Waals surface area contributed by atoms with E-state index in [1.54, 1.807) is 7.11 Å². The summed E-state index contributed by atoms with van der Waals surface area (Å²) in [5, 5.41) is 3.24. The van der Waals surface area contributed by atoms with Gasteiger partial charge < -0.3 is 15.8 Å². The van der Waals surface area contributed by atoms with E-state index in [9.17, 15) is 4.79 Å². The number of methoxy groups -OCH3 is 1. The lowest BCUT2D eigenvalue weighted by atomic mass is 9.97. The molecule has 1 fully saturated rings. The van der Waals surface area contributed by atoms with Gasteiger partial charge in [0.15, 0.2) is 0 Å². The van der Waals surface area contributed by atoms with E-state index >= 15 is 0 Å². The molecule has 4 heteroatoms. The van der Waals surface area contributed by atoms with Crippen molar-refractivity contribution in [3.8, 4) is 5.75 Å². The highest BCUT2D eigenvalue weighted by Crippen LogP contribution is 2.29. The van der Waals surface area contributed by atoms with Crippen molar-refractivity contribution in [2.45, 2.75) is 31.7 Å². The highest BCUT2D eigenvalue weighted by molar-refractivity contribution is 5.83. The van der Waals surface area contributed by atoms with Crippen LogP contribution >= 0.6 is 0 Å². The SMILES string of the molecule is COc1ccc(NC(C(N)=O)C2CCCC2)cc1. The van der Waals surface area contributed by atoms with Crippen molar-refractivity contribution >= 4 is 11.6 Å². The quantitative estimate of drug-likeness (QED) is 0.839. The van der Waals surface area contributed by atoms with Gasteiger partial charge in [0.05, 0.1) is 7.11 Å². The van der Waals surface area contributed by atoms with Crippen molar-refractivity contribution in [1.29, 1.82) is 0 Å². The first-order chi connectivity index (χ1) is 8.70. The van der Waals surface area contributed by atoms with Crippen LogP contribution in [0.15, 0.2) is 24.3 Å². The zero-order chi connectivity index (χ0) is 13.0. The van der Waals surface area contributed by atoms with Gasteiger partial charge in [0, 0.05) is 5.69 Å². The average Bonchev–Trinajstić information content (AvgIpc) is 2.90. The Balaban J connectivity index is 2.05. The van der Waals surface area contributed by atoms with Gasteiger partial charge >= 0.3 is 0 Å². The molecule has 0 heterocycles. The lowest BCUT2D eigenvalue weighted by Crippen LogP contribution is -2.40. The van der Waals surface area contributed by atoms with Crippen LogP contribution in [0.3, 0.4) is 0 Å². The maximum Gasteiger partial charge on any atom is 0.240 e. The Morgan fingerprint density at radius 1 is 1.33 bits per heavy atom. The summed E-state index contributed by atoms with van der Waals surface area (Å²) >= 11 is 0. The molecule has 0 saturated heterocycles. The molecule has 0 aromatic heterocycles. The van der Waals surface area contributed by atoms with E-state index in [0.717, 1.165) is 24.3 Å². The van der Waals surface area contributed by atoms with Crippen molar-refractivity contribution < 1.29 is 9.53 Å². The molecule has 1 saturated carbocycles. The van der Waals surface area contributed by atoms with E-state index in [0.29, 0.717) is 5.92 Å². The normalized spacial score (nSPS) is 17.4. The summed E-state index contributed by atoms with van der Waals surface area (Å²) in [6, 6.07) is 7.29. The number of anilines is 1. The number of hydrogen-bond acceptors (Lipinski definition) is 3. The van der Waals surface area contributed by atoms with Crippen LogP contribution in [-0.4, -0.2) is 19.1 Å². The summed E-state index contributed by atoms with van der Waals surface area (Å²) in [6.45, 7) is 0. The first-order valence-electron chi connectivity index (χ1n) is 6.40. The Morgan fingerprint density at radius 3 is 2.44 bits per heavy atom. The van der Waals surface area contributed by atoms with Crippen LogP contribution in [0.25, 0.3) is 0 Å². The predicted octanol–water partition coefficient (Wildman–Crippen LogP) is 2.15. The van der Waals surface area contributed by atoms with Gasteiger partial charge in [-0.05, 0) is 43.0 Å². The molecule has 0 spiro atoms. The van der Waals surface area contributed by atoms with Gasteiger partial charge in [0.2, 0.25) is 5.91 Å². The number of carbonyl (C=O) groups is 1. The van der Waals surface area contributed by atoms with Crippen LogP contribution in [0.1, 0.15) is 25.7 Å². The molecule has 1 amide bonds. The van der Waals surface area contributed by atoms with E-state index in [2.05, 4.69) is 5.32 Å². The van der Waals surface area contributed by atoms with Crippen LogP contribution in [0.5, 0.6) is 5.75 Å². The Hall–Kier alpha value is -1.71. The smallest absolute Gasteiger partial charge is 0.240 e. The third kappa shape index (κ3) is 2.94. The molecule has 1 aliphatic carbocycles. The van der Waals surface area contributed by atoms with E-state index in [1.165, 1.54) is 12.8 Å². The van der Waals surface area contributed by atoms with E-state index in [4.69, 9.17) is 10.5 Å². The molecule has 18 heavy (non-hydrogen) atoms. The lowest BCUT2D eigenvalue weighted by Gasteiger charge is -2.22. The second-order valence-electron chi connectivity index (χ2n) is 4.80. The number of carbonyl (C=O) groups excluding carboxylic acids is 1.